The van der Waals surface area contributed by atoms with Crippen LogP contribution in [0.1, 0.15) is 24.0 Å². The number of rotatable bonds is 8. The van der Waals surface area contributed by atoms with Gasteiger partial charge in [0.25, 0.3) is 0 Å². The highest BCUT2D eigenvalue weighted by molar-refractivity contribution is 7.98. The fourth-order valence-electron chi connectivity index (χ4n) is 4.18. The van der Waals surface area contributed by atoms with Crippen molar-refractivity contribution in [2.24, 2.45) is 0 Å². The second kappa shape index (κ2) is 9.85. The maximum absolute atomic E-state index is 6.68. The summed E-state index contributed by atoms with van der Waals surface area (Å²) in [6.45, 7) is 0.555. The molecule has 5 rings (SSSR count). The zero-order chi connectivity index (χ0) is 22.7. The molecule has 2 aromatic heterocycles. The summed E-state index contributed by atoms with van der Waals surface area (Å²) in [7, 11) is 0. The lowest BCUT2D eigenvalue weighted by Crippen LogP contribution is -2.33. The van der Waals surface area contributed by atoms with E-state index < -0.39 is 5.60 Å². The molecule has 0 N–H and O–H groups in total. The lowest BCUT2D eigenvalue weighted by Gasteiger charge is -2.31. The van der Waals surface area contributed by atoms with Gasteiger partial charge in [-0.2, -0.15) is 22.0 Å². The van der Waals surface area contributed by atoms with E-state index in [0.29, 0.717) is 16.6 Å². The topological polar surface area (TPSA) is 70.7 Å². The first-order valence-electron chi connectivity index (χ1n) is 10.6. The van der Waals surface area contributed by atoms with Crippen LogP contribution in [0.4, 0.5) is 0 Å². The molecule has 3 heterocycles. The third kappa shape index (κ3) is 5.09. The number of hydrogen-bond donors (Lipinski definition) is 0. The van der Waals surface area contributed by atoms with Gasteiger partial charge in [-0.05, 0) is 42.7 Å². The molecule has 2 atom stereocenters. The van der Waals surface area contributed by atoms with Gasteiger partial charge in [-0.3, -0.25) is 0 Å². The van der Waals surface area contributed by atoms with Crippen molar-refractivity contribution in [1.29, 1.82) is 0 Å². The highest BCUT2D eigenvalue weighted by atomic mass is 35.5. The van der Waals surface area contributed by atoms with Gasteiger partial charge in [0.05, 0.1) is 18.3 Å². The number of benzene rings is 2. The van der Waals surface area contributed by atoms with Crippen molar-refractivity contribution in [3.05, 3.63) is 88.9 Å². The van der Waals surface area contributed by atoms with E-state index in [4.69, 9.17) is 27.9 Å². The van der Waals surface area contributed by atoms with E-state index in [1.54, 1.807) is 28.1 Å². The molecule has 7 nitrogen and oxygen atoms in total. The minimum atomic E-state index is -0.556. The molecule has 170 valence electrons. The smallest absolute Gasteiger partial charge is 0.138 e. The van der Waals surface area contributed by atoms with Crippen molar-refractivity contribution in [3.63, 3.8) is 0 Å². The van der Waals surface area contributed by atoms with Crippen LogP contribution in [0.25, 0.3) is 5.69 Å². The molecule has 1 saturated heterocycles. The molecule has 1 aliphatic heterocycles. The number of nitrogens with zero attached hydrogens (tertiary/aromatic N) is 6. The molecule has 0 bridgehead atoms. The summed E-state index contributed by atoms with van der Waals surface area (Å²) in [5.41, 5.74) is 2.65. The van der Waals surface area contributed by atoms with E-state index in [-0.39, 0.29) is 6.10 Å². The molecule has 0 aliphatic carbocycles. The zero-order valence-electron chi connectivity index (χ0n) is 17.7. The van der Waals surface area contributed by atoms with E-state index in [0.717, 1.165) is 35.6 Å². The number of hydrogen-bond acceptors (Lipinski definition) is 6. The van der Waals surface area contributed by atoms with Crippen LogP contribution in [0.5, 0.6) is 0 Å². The molecule has 1 fully saturated rings. The Balaban J connectivity index is 1.24. The Morgan fingerprint density at radius 3 is 2.58 bits per heavy atom. The van der Waals surface area contributed by atoms with Crippen molar-refractivity contribution in [1.82, 2.24) is 29.5 Å². The van der Waals surface area contributed by atoms with Crippen molar-refractivity contribution in [3.8, 4) is 5.69 Å². The first kappa shape index (κ1) is 22.4. The molecule has 2 aromatic carbocycles. The second-order valence-corrected chi connectivity index (χ2v) is 9.89. The Morgan fingerprint density at radius 1 is 1.03 bits per heavy atom. The predicted molar refractivity (Wildman–Crippen MR) is 130 cm³/mol. The molecule has 1 aliphatic rings. The first-order valence-corrected chi connectivity index (χ1v) is 12.5. The highest BCUT2D eigenvalue weighted by Crippen LogP contribution is 2.44. The lowest BCUT2D eigenvalue weighted by molar-refractivity contribution is -0.0507. The largest absolute Gasteiger partial charge is 0.364 e. The molecule has 0 spiro atoms. The molecular formula is C23H22Cl2N6OS. The van der Waals surface area contributed by atoms with E-state index in [9.17, 15) is 0 Å². The van der Waals surface area contributed by atoms with Crippen LogP contribution in [-0.4, -0.2) is 41.4 Å². The summed E-state index contributed by atoms with van der Waals surface area (Å²) in [5.74, 6) is 1.81. The van der Waals surface area contributed by atoms with Gasteiger partial charge in [-0.25, -0.2) is 19.3 Å². The van der Waals surface area contributed by atoms with Gasteiger partial charge < -0.3 is 4.74 Å². The van der Waals surface area contributed by atoms with E-state index >= 15 is 0 Å². The Labute approximate surface area is 206 Å². The minimum absolute atomic E-state index is 0.125. The molecule has 0 amide bonds. The van der Waals surface area contributed by atoms with Crippen LogP contribution in [0.15, 0.2) is 67.8 Å². The van der Waals surface area contributed by atoms with Crippen LogP contribution in [0, 0.1) is 0 Å². The Kier molecular flexibility index (Phi) is 6.69. The van der Waals surface area contributed by atoms with Gasteiger partial charge >= 0.3 is 0 Å². The monoisotopic (exact) mass is 500 g/mol. The van der Waals surface area contributed by atoms with Gasteiger partial charge in [0.15, 0.2) is 0 Å². The normalized spacial score (nSPS) is 20.4. The molecule has 0 saturated carbocycles. The average molecular weight is 501 g/mol. The number of thioether (sulfide) groups is 1. The van der Waals surface area contributed by atoms with Crippen LogP contribution in [0.3, 0.4) is 0 Å². The number of ether oxygens (including phenoxy) is 1. The van der Waals surface area contributed by atoms with Gasteiger partial charge in [0, 0.05) is 27.1 Å². The number of aromatic nitrogens is 6. The molecule has 2 unspecified atom stereocenters. The fraction of sp³-hybridized carbons (Fsp3) is 0.304. The molecule has 4 aromatic rings. The van der Waals surface area contributed by atoms with Crippen LogP contribution in [-0.2, 0) is 22.6 Å². The summed E-state index contributed by atoms with van der Waals surface area (Å²) in [6.07, 6.45) is 8.40. The maximum atomic E-state index is 6.68. The average Bonchev–Trinajstić information content (AvgIpc) is 3.58. The Hall–Kier alpha value is -2.39. The van der Waals surface area contributed by atoms with Crippen LogP contribution >= 0.6 is 35.0 Å². The van der Waals surface area contributed by atoms with Crippen LogP contribution in [0.2, 0.25) is 10.0 Å². The highest BCUT2D eigenvalue weighted by Gasteiger charge is 2.43. The van der Waals surface area contributed by atoms with Crippen molar-refractivity contribution in [2.75, 3.05) is 5.75 Å². The minimum Gasteiger partial charge on any atom is -0.364 e. The fourth-order valence-corrected chi connectivity index (χ4v) is 5.80. The van der Waals surface area contributed by atoms with Gasteiger partial charge in [-0.15, -0.1) is 0 Å². The first-order chi connectivity index (χ1) is 16.1. The standard InChI is InChI=1S/C23H22Cl2N6OS/c24-18-3-6-21(22(25)9-18)23(12-30-15-26-13-28-30)8-7-20(32-23)11-33-10-17-1-4-19(5-2-17)31-16-27-14-29-31/h1-6,9,13-16,20H,7-8,10-12H2. The van der Waals surface area contributed by atoms with E-state index in [1.807, 2.05) is 23.9 Å². The maximum Gasteiger partial charge on any atom is 0.138 e. The van der Waals surface area contributed by atoms with Crippen LogP contribution < -0.4 is 0 Å². The third-order valence-corrected chi connectivity index (χ3v) is 7.45. The second-order valence-electron chi connectivity index (χ2n) is 8.01. The third-order valence-electron chi connectivity index (χ3n) is 5.76. The van der Waals surface area contributed by atoms with Gasteiger partial charge in [0.1, 0.15) is 30.9 Å². The molecule has 33 heavy (non-hydrogen) atoms. The summed E-state index contributed by atoms with van der Waals surface area (Å²) >= 11 is 14.6. The molecular weight excluding hydrogens is 479 g/mol. The summed E-state index contributed by atoms with van der Waals surface area (Å²) in [6, 6.07) is 14.0. The zero-order valence-corrected chi connectivity index (χ0v) is 20.0. The van der Waals surface area contributed by atoms with Crippen molar-refractivity contribution >= 4 is 35.0 Å². The van der Waals surface area contributed by atoms with E-state index in [2.05, 4.69) is 44.4 Å². The summed E-state index contributed by atoms with van der Waals surface area (Å²) < 4.78 is 10.2. The quantitative estimate of drug-likeness (QED) is 0.332. The summed E-state index contributed by atoms with van der Waals surface area (Å²) in [5, 5.41) is 9.68. The van der Waals surface area contributed by atoms with E-state index in [1.165, 1.54) is 18.2 Å². The number of halogens is 2. The molecule has 0 radical (unpaired) electrons. The lowest BCUT2D eigenvalue weighted by atomic mass is 9.90. The Morgan fingerprint density at radius 2 is 1.85 bits per heavy atom. The van der Waals surface area contributed by atoms with Crippen molar-refractivity contribution < 1.29 is 4.74 Å². The molecule has 10 heteroatoms. The predicted octanol–water partition coefficient (Wildman–Crippen LogP) is 5.17. The SMILES string of the molecule is Clc1ccc(C2(Cn3cncn3)CCC(CSCc3ccc(-n4cncn4)cc3)O2)c(Cl)c1. The van der Waals surface area contributed by atoms with Crippen molar-refractivity contribution in [2.45, 2.75) is 36.8 Å². The summed E-state index contributed by atoms with van der Waals surface area (Å²) in [4.78, 5) is 8.07. The van der Waals surface area contributed by atoms with Gasteiger partial charge in [0.2, 0.25) is 0 Å². The van der Waals surface area contributed by atoms with Gasteiger partial charge in [-0.1, -0.05) is 41.4 Å². The Bertz CT molecular complexity index is 1190.